The van der Waals surface area contributed by atoms with E-state index in [1.807, 2.05) is 0 Å². The summed E-state index contributed by atoms with van der Waals surface area (Å²) in [5.41, 5.74) is 6.92. The van der Waals surface area contributed by atoms with Crippen molar-refractivity contribution in [1.29, 1.82) is 0 Å². The molecule has 146 valence electrons. The van der Waals surface area contributed by atoms with Crippen molar-refractivity contribution >= 4 is 21.6 Å². The summed E-state index contributed by atoms with van der Waals surface area (Å²) in [7, 11) is -0.957. The van der Waals surface area contributed by atoms with Gasteiger partial charge in [0.25, 0.3) is 15.9 Å². The first-order valence-corrected chi connectivity index (χ1v) is 9.90. The minimum absolute atomic E-state index is 0.0204. The number of methoxy groups -OCH3 is 1. The summed E-state index contributed by atoms with van der Waals surface area (Å²) in [6.45, 7) is 3.82. The second kappa shape index (κ2) is 8.41. The van der Waals surface area contributed by atoms with Gasteiger partial charge in [0, 0.05) is 25.2 Å². The van der Waals surface area contributed by atoms with Crippen LogP contribution in [0.5, 0.6) is 5.75 Å². The van der Waals surface area contributed by atoms with Crippen molar-refractivity contribution < 1.29 is 17.9 Å². The number of nitrogens with one attached hydrogen (secondary N) is 1. The largest absolute Gasteiger partial charge is 0.495 e. The van der Waals surface area contributed by atoms with Crippen LogP contribution in [-0.4, -0.2) is 41.1 Å². The fourth-order valence-corrected chi connectivity index (χ4v) is 3.78. The van der Waals surface area contributed by atoms with Gasteiger partial charge >= 0.3 is 0 Å². The number of hydrogen-bond donors (Lipinski definition) is 2. The summed E-state index contributed by atoms with van der Waals surface area (Å²) >= 11 is 0. The van der Waals surface area contributed by atoms with E-state index in [1.54, 1.807) is 44.2 Å². The second-order valence-corrected chi connectivity index (χ2v) is 8.20. The SMILES string of the molecule is COc1ccccc1N(C)S(=O)(=O)c1ccc(C)c(C(=O)N[C@@H](C)CN)c1. The van der Waals surface area contributed by atoms with Crippen molar-refractivity contribution in [2.45, 2.75) is 24.8 Å². The lowest BCUT2D eigenvalue weighted by atomic mass is 10.1. The molecule has 1 amide bonds. The number of sulfonamides is 1. The van der Waals surface area contributed by atoms with E-state index in [9.17, 15) is 13.2 Å². The third-order valence-corrected chi connectivity index (χ3v) is 6.03. The van der Waals surface area contributed by atoms with Crippen molar-refractivity contribution in [2.75, 3.05) is 25.0 Å². The molecular formula is C19H25N3O4S. The smallest absolute Gasteiger partial charge is 0.264 e. The Morgan fingerprint density at radius 1 is 1.26 bits per heavy atom. The molecule has 7 nitrogen and oxygen atoms in total. The van der Waals surface area contributed by atoms with Crippen LogP contribution in [0.1, 0.15) is 22.8 Å². The highest BCUT2D eigenvalue weighted by Gasteiger charge is 2.25. The van der Waals surface area contributed by atoms with Crippen LogP contribution in [0.4, 0.5) is 5.69 Å². The number of hydrogen-bond acceptors (Lipinski definition) is 5. The molecule has 0 spiro atoms. The molecule has 0 radical (unpaired) electrons. The van der Waals surface area contributed by atoms with E-state index >= 15 is 0 Å². The molecule has 3 N–H and O–H groups in total. The second-order valence-electron chi connectivity index (χ2n) is 6.23. The summed E-state index contributed by atoms with van der Waals surface area (Å²) in [6, 6.07) is 11.1. The van der Waals surface area contributed by atoms with Crippen LogP contribution in [-0.2, 0) is 10.0 Å². The molecule has 0 saturated heterocycles. The molecule has 1 atom stereocenters. The number of benzene rings is 2. The molecule has 0 aromatic heterocycles. The van der Waals surface area contributed by atoms with Crippen LogP contribution in [0, 0.1) is 6.92 Å². The maximum Gasteiger partial charge on any atom is 0.264 e. The van der Waals surface area contributed by atoms with E-state index in [4.69, 9.17) is 10.5 Å². The standard InChI is InChI=1S/C19H25N3O4S/c1-13-9-10-15(11-16(13)19(23)21-14(2)12-20)27(24,25)22(3)17-7-5-6-8-18(17)26-4/h5-11,14H,12,20H2,1-4H3,(H,21,23)/t14-/m0/s1. The molecular weight excluding hydrogens is 366 g/mol. The van der Waals surface area contributed by atoms with E-state index in [0.29, 0.717) is 29.1 Å². The average molecular weight is 391 g/mol. The number of rotatable bonds is 7. The molecule has 2 aromatic carbocycles. The van der Waals surface area contributed by atoms with Gasteiger partial charge in [-0.1, -0.05) is 18.2 Å². The Morgan fingerprint density at radius 3 is 2.56 bits per heavy atom. The Hall–Kier alpha value is -2.58. The lowest BCUT2D eigenvalue weighted by molar-refractivity contribution is 0.0940. The average Bonchev–Trinajstić information content (AvgIpc) is 2.67. The molecule has 0 unspecified atom stereocenters. The summed E-state index contributed by atoms with van der Waals surface area (Å²) in [6.07, 6.45) is 0. The van der Waals surface area contributed by atoms with E-state index in [1.165, 1.54) is 26.3 Å². The van der Waals surface area contributed by atoms with E-state index in [2.05, 4.69) is 5.32 Å². The molecule has 0 bridgehead atoms. The number of aryl methyl sites for hydroxylation is 1. The maximum absolute atomic E-state index is 13.1. The van der Waals surface area contributed by atoms with Crippen molar-refractivity contribution in [1.82, 2.24) is 5.32 Å². The quantitative estimate of drug-likeness (QED) is 0.751. The molecule has 0 aliphatic carbocycles. The Bertz CT molecular complexity index is 928. The summed E-state index contributed by atoms with van der Waals surface area (Å²) in [5.74, 6) is 0.0767. The first kappa shape index (κ1) is 20.7. The molecule has 27 heavy (non-hydrogen) atoms. The number of carbonyl (C=O) groups excluding carboxylic acids is 1. The Kier molecular flexibility index (Phi) is 6.45. The van der Waals surface area contributed by atoms with E-state index in [0.717, 1.165) is 4.31 Å². The fraction of sp³-hybridized carbons (Fsp3) is 0.316. The normalized spacial score (nSPS) is 12.3. The summed E-state index contributed by atoms with van der Waals surface area (Å²) in [4.78, 5) is 12.5. The number of nitrogens with two attached hydrogens (primary N) is 1. The van der Waals surface area contributed by atoms with Gasteiger partial charge in [-0.25, -0.2) is 8.42 Å². The van der Waals surface area contributed by atoms with Gasteiger partial charge in [0.2, 0.25) is 0 Å². The molecule has 0 aliphatic heterocycles. The van der Waals surface area contributed by atoms with Crippen molar-refractivity contribution in [2.24, 2.45) is 5.73 Å². The molecule has 0 saturated carbocycles. The zero-order valence-corrected chi connectivity index (χ0v) is 16.7. The number of anilines is 1. The van der Waals surface area contributed by atoms with Crippen molar-refractivity contribution in [3.63, 3.8) is 0 Å². The van der Waals surface area contributed by atoms with Gasteiger partial charge in [-0.3, -0.25) is 9.10 Å². The van der Waals surface area contributed by atoms with Gasteiger partial charge < -0.3 is 15.8 Å². The minimum atomic E-state index is -3.88. The van der Waals surface area contributed by atoms with Crippen LogP contribution in [0.2, 0.25) is 0 Å². The highest BCUT2D eigenvalue weighted by atomic mass is 32.2. The van der Waals surface area contributed by atoms with Crippen molar-refractivity contribution in [3.8, 4) is 5.75 Å². The van der Waals surface area contributed by atoms with Crippen LogP contribution in [0.3, 0.4) is 0 Å². The molecule has 0 fully saturated rings. The van der Waals surface area contributed by atoms with Gasteiger partial charge in [-0.2, -0.15) is 0 Å². The lowest BCUT2D eigenvalue weighted by Gasteiger charge is -2.22. The number of para-hydroxylation sites is 2. The Balaban J connectivity index is 2.44. The molecule has 2 rings (SSSR count). The Labute approximate surface area is 160 Å². The van der Waals surface area contributed by atoms with Gasteiger partial charge in [-0.05, 0) is 43.7 Å². The zero-order chi connectivity index (χ0) is 20.2. The first-order chi connectivity index (χ1) is 12.7. The molecule has 0 aliphatic rings. The number of ether oxygens (including phenoxy) is 1. The summed E-state index contributed by atoms with van der Waals surface area (Å²) < 4.78 is 32.6. The number of carbonyl (C=O) groups is 1. The monoisotopic (exact) mass is 391 g/mol. The zero-order valence-electron chi connectivity index (χ0n) is 15.9. The third kappa shape index (κ3) is 4.40. The van der Waals surface area contributed by atoms with Gasteiger partial charge in [0.05, 0.1) is 17.7 Å². The maximum atomic E-state index is 13.1. The number of nitrogens with zero attached hydrogens (tertiary/aromatic N) is 1. The molecule has 8 heteroatoms. The summed E-state index contributed by atoms with van der Waals surface area (Å²) in [5, 5.41) is 2.75. The van der Waals surface area contributed by atoms with Gasteiger partial charge in [0.1, 0.15) is 5.75 Å². The fourth-order valence-electron chi connectivity index (χ4n) is 2.54. The first-order valence-electron chi connectivity index (χ1n) is 8.46. The van der Waals surface area contributed by atoms with E-state index in [-0.39, 0.29) is 16.8 Å². The van der Waals surface area contributed by atoms with E-state index < -0.39 is 10.0 Å². The van der Waals surface area contributed by atoms with Crippen LogP contribution in [0.25, 0.3) is 0 Å². The highest BCUT2D eigenvalue weighted by Crippen LogP contribution is 2.31. The van der Waals surface area contributed by atoms with Crippen LogP contribution < -0.4 is 20.1 Å². The molecule has 0 heterocycles. The van der Waals surface area contributed by atoms with Gasteiger partial charge in [0.15, 0.2) is 0 Å². The lowest BCUT2D eigenvalue weighted by Crippen LogP contribution is -2.38. The minimum Gasteiger partial charge on any atom is -0.495 e. The topological polar surface area (TPSA) is 102 Å². The van der Waals surface area contributed by atoms with Gasteiger partial charge in [-0.15, -0.1) is 0 Å². The number of amides is 1. The third-order valence-electron chi connectivity index (χ3n) is 4.27. The molecule has 2 aromatic rings. The van der Waals surface area contributed by atoms with Crippen molar-refractivity contribution in [3.05, 3.63) is 53.6 Å². The van der Waals surface area contributed by atoms with Crippen LogP contribution in [0.15, 0.2) is 47.4 Å². The highest BCUT2D eigenvalue weighted by molar-refractivity contribution is 7.92. The Morgan fingerprint density at radius 2 is 1.93 bits per heavy atom. The predicted molar refractivity (Wildman–Crippen MR) is 106 cm³/mol. The predicted octanol–water partition coefficient (Wildman–Crippen LogP) is 1.91. The van der Waals surface area contributed by atoms with Crippen LogP contribution >= 0.6 is 0 Å².